The summed E-state index contributed by atoms with van der Waals surface area (Å²) >= 11 is 0. The second-order valence-electron chi connectivity index (χ2n) is 7.41. The molecule has 5 heteroatoms. The summed E-state index contributed by atoms with van der Waals surface area (Å²) in [4.78, 5) is 27.2. The first-order valence-corrected chi connectivity index (χ1v) is 9.41. The van der Waals surface area contributed by atoms with E-state index in [-0.39, 0.29) is 11.8 Å². The number of likely N-dealkylation sites (N-methyl/N-ethyl adjacent to an activating group) is 1. The Morgan fingerprint density at radius 3 is 2.56 bits per heavy atom. The smallest absolute Gasteiger partial charge is 0.257 e. The van der Waals surface area contributed by atoms with Crippen molar-refractivity contribution in [3.05, 3.63) is 59.7 Å². The van der Waals surface area contributed by atoms with E-state index in [4.69, 9.17) is 0 Å². The Kier molecular flexibility index (Phi) is 5.91. The molecule has 0 heterocycles. The van der Waals surface area contributed by atoms with Crippen molar-refractivity contribution >= 4 is 23.2 Å². The quantitative estimate of drug-likeness (QED) is 0.782. The molecule has 2 aromatic rings. The van der Waals surface area contributed by atoms with E-state index in [2.05, 4.69) is 22.5 Å². The summed E-state index contributed by atoms with van der Waals surface area (Å²) in [5.41, 5.74) is 2.78. The first-order chi connectivity index (χ1) is 12.9. The fourth-order valence-electron chi connectivity index (χ4n) is 3.21. The van der Waals surface area contributed by atoms with Crippen molar-refractivity contribution in [1.29, 1.82) is 0 Å². The number of nitrogens with zero attached hydrogens (tertiary/aromatic N) is 1. The molecule has 0 radical (unpaired) electrons. The van der Waals surface area contributed by atoms with Crippen molar-refractivity contribution in [2.75, 3.05) is 24.2 Å². The summed E-state index contributed by atoms with van der Waals surface area (Å²) in [5.74, 6) is 0.354. The van der Waals surface area contributed by atoms with Crippen LogP contribution in [-0.2, 0) is 4.79 Å². The molecule has 1 aliphatic rings. The Morgan fingerprint density at radius 2 is 1.85 bits per heavy atom. The number of hydrogen-bond donors (Lipinski definition) is 2. The highest BCUT2D eigenvalue weighted by Crippen LogP contribution is 2.34. The number of nitrogens with one attached hydrogen (secondary N) is 2. The fraction of sp³-hybridized carbons (Fsp3) is 0.364. The zero-order chi connectivity index (χ0) is 19.4. The van der Waals surface area contributed by atoms with Crippen LogP contribution in [0.25, 0.3) is 0 Å². The topological polar surface area (TPSA) is 61.4 Å². The third kappa shape index (κ3) is 5.17. The molecule has 1 fully saturated rings. The first-order valence-electron chi connectivity index (χ1n) is 9.41. The number of benzene rings is 2. The van der Waals surface area contributed by atoms with E-state index in [0.29, 0.717) is 29.8 Å². The lowest BCUT2D eigenvalue weighted by Crippen LogP contribution is -2.37. The highest BCUT2D eigenvalue weighted by atomic mass is 16.2. The van der Waals surface area contributed by atoms with Crippen LogP contribution in [0.4, 0.5) is 11.4 Å². The number of carbonyl (C=O) groups excluding carboxylic acids is 2. The first kappa shape index (κ1) is 19.1. The molecule has 0 bridgehead atoms. The third-order valence-corrected chi connectivity index (χ3v) is 5.11. The Morgan fingerprint density at radius 1 is 1.11 bits per heavy atom. The minimum Gasteiger partial charge on any atom is -0.324 e. The normalized spacial score (nSPS) is 14.7. The van der Waals surface area contributed by atoms with Crippen LogP contribution in [0, 0.1) is 12.8 Å². The van der Waals surface area contributed by atoms with Crippen LogP contribution in [-0.4, -0.2) is 36.3 Å². The van der Waals surface area contributed by atoms with Crippen LogP contribution >= 0.6 is 0 Å². The van der Waals surface area contributed by atoms with E-state index in [9.17, 15) is 9.59 Å². The number of anilines is 2. The van der Waals surface area contributed by atoms with Crippen LogP contribution in [0.2, 0.25) is 0 Å². The van der Waals surface area contributed by atoms with Crippen molar-refractivity contribution in [2.45, 2.75) is 32.7 Å². The van der Waals surface area contributed by atoms with Gasteiger partial charge in [0.1, 0.15) is 0 Å². The molecule has 1 saturated carbocycles. The van der Waals surface area contributed by atoms with Crippen LogP contribution < -0.4 is 10.6 Å². The SMILES string of the molecule is Cc1cccc(NC(=O)c2ccccc2NC(=O)CN(C)C(C)C2CC2)c1. The van der Waals surface area contributed by atoms with Crippen LogP contribution in [0.5, 0.6) is 0 Å². The summed E-state index contributed by atoms with van der Waals surface area (Å²) < 4.78 is 0. The number of aryl methyl sites for hydroxylation is 1. The lowest BCUT2D eigenvalue weighted by Gasteiger charge is -2.24. The number of para-hydroxylation sites is 1. The average Bonchev–Trinajstić information content (AvgIpc) is 3.46. The fourth-order valence-corrected chi connectivity index (χ4v) is 3.21. The molecule has 0 saturated heterocycles. The van der Waals surface area contributed by atoms with E-state index in [1.165, 1.54) is 12.8 Å². The summed E-state index contributed by atoms with van der Waals surface area (Å²) in [6.07, 6.45) is 2.49. The highest BCUT2D eigenvalue weighted by molar-refractivity contribution is 6.10. The van der Waals surface area contributed by atoms with Gasteiger partial charge in [-0.2, -0.15) is 0 Å². The zero-order valence-corrected chi connectivity index (χ0v) is 16.2. The predicted molar refractivity (Wildman–Crippen MR) is 109 cm³/mol. The van der Waals surface area contributed by atoms with Gasteiger partial charge in [-0.1, -0.05) is 24.3 Å². The van der Waals surface area contributed by atoms with Gasteiger partial charge in [-0.25, -0.2) is 0 Å². The van der Waals surface area contributed by atoms with E-state index in [1.54, 1.807) is 18.2 Å². The van der Waals surface area contributed by atoms with E-state index in [0.717, 1.165) is 11.3 Å². The molecule has 1 unspecified atom stereocenters. The lowest BCUT2D eigenvalue weighted by molar-refractivity contribution is -0.117. The molecule has 1 atom stereocenters. The lowest BCUT2D eigenvalue weighted by atomic mass is 10.1. The van der Waals surface area contributed by atoms with Crippen molar-refractivity contribution in [3.63, 3.8) is 0 Å². The molecule has 3 rings (SSSR count). The molecule has 142 valence electrons. The van der Waals surface area contributed by atoms with Gasteiger partial charge in [-0.3, -0.25) is 14.5 Å². The summed E-state index contributed by atoms with van der Waals surface area (Å²) in [6, 6.07) is 15.1. The number of carbonyl (C=O) groups is 2. The zero-order valence-electron chi connectivity index (χ0n) is 16.2. The van der Waals surface area contributed by atoms with Gasteiger partial charge >= 0.3 is 0 Å². The maximum absolute atomic E-state index is 12.7. The second-order valence-corrected chi connectivity index (χ2v) is 7.41. The van der Waals surface area contributed by atoms with Gasteiger partial charge in [0.05, 0.1) is 17.8 Å². The Hall–Kier alpha value is -2.66. The largest absolute Gasteiger partial charge is 0.324 e. The molecule has 2 aromatic carbocycles. The minimum absolute atomic E-state index is 0.110. The van der Waals surface area contributed by atoms with Gasteiger partial charge in [0.2, 0.25) is 5.91 Å². The minimum atomic E-state index is -0.240. The molecule has 2 N–H and O–H groups in total. The molecule has 5 nitrogen and oxygen atoms in total. The van der Waals surface area contributed by atoms with E-state index >= 15 is 0 Å². The van der Waals surface area contributed by atoms with E-state index in [1.807, 2.05) is 44.3 Å². The van der Waals surface area contributed by atoms with Gasteiger partial charge in [-0.05, 0) is 69.5 Å². The van der Waals surface area contributed by atoms with Gasteiger partial charge in [0.25, 0.3) is 5.91 Å². The standard InChI is InChI=1S/C22H27N3O2/c1-15-7-6-8-18(13-15)23-22(27)19-9-4-5-10-20(19)24-21(26)14-25(3)16(2)17-11-12-17/h4-10,13,16-17H,11-12,14H2,1-3H3,(H,23,27)(H,24,26). The van der Waals surface area contributed by atoms with Crippen LogP contribution in [0.15, 0.2) is 48.5 Å². The van der Waals surface area contributed by atoms with Gasteiger partial charge in [0, 0.05) is 11.7 Å². The molecule has 0 aromatic heterocycles. The monoisotopic (exact) mass is 365 g/mol. The third-order valence-electron chi connectivity index (χ3n) is 5.11. The number of rotatable bonds is 7. The molecular formula is C22H27N3O2. The van der Waals surface area contributed by atoms with Gasteiger partial charge in [0.15, 0.2) is 0 Å². The molecule has 0 spiro atoms. The molecule has 2 amide bonds. The Bertz CT molecular complexity index is 830. The molecule has 0 aliphatic heterocycles. The Labute approximate surface area is 160 Å². The van der Waals surface area contributed by atoms with E-state index < -0.39 is 0 Å². The predicted octanol–water partition coefficient (Wildman–Crippen LogP) is 3.92. The summed E-state index contributed by atoms with van der Waals surface area (Å²) in [5, 5.41) is 5.79. The number of amides is 2. The maximum atomic E-state index is 12.7. The number of hydrogen-bond acceptors (Lipinski definition) is 3. The Balaban J connectivity index is 1.66. The van der Waals surface area contributed by atoms with Crippen molar-refractivity contribution in [1.82, 2.24) is 4.90 Å². The highest BCUT2D eigenvalue weighted by Gasteiger charge is 2.31. The van der Waals surface area contributed by atoms with Crippen molar-refractivity contribution < 1.29 is 9.59 Å². The van der Waals surface area contributed by atoms with Crippen molar-refractivity contribution in [2.24, 2.45) is 5.92 Å². The van der Waals surface area contributed by atoms with Gasteiger partial charge < -0.3 is 10.6 Å². The second kappa shape index (κ2) is 8.35. The van der Waals surface area contributed by atoms with Crippen LogP contribution in [0.3, 0.4) is 0 Å². The summed E-state index contributed by atoms with van der Waals surface area (Å²) in [7, 11) is 1.97. The van der Waals surface area contributed by atoms with Crippen LogP contribution in [0.1, 0.15) is 35.7 Å². The molecule has 27 heavy (non-hydrogen) atoms. The molecule has 1 aliphatic carbocycles. The van der Waals surface area contributed by atoms with Gasteiger partial charge in [-0.15, -0.1) is 0 Å². The molecular weight excluding hydrogens is 338 g/mol. The van der Waals surface area contributed by atoms with Crippen molar-refractivity contribution in [3.8, 4) is 0 Å². The maximum Gasteiger partial charge on any atom is 0.257 e. The summed E-state index contributed by atoms with van der Waals surface area (Å²) in [6.45, 7) is 4.45. The average molecular weight is 365 g/mol.